The fraction of sp³-hybridized carbons (Fsp3) is 0.0976. The van der Waals surface area contributed by atoms with E-state index in [1.165, 1.54) is 22.3 Å². The van der Waals surface area contributed by atoms with Crippen molar-refractivity contribution in [2.45, 2.75) is 25.7 Å². The normalized spacial score (nSPS) is 14.5. The average Bonchev–Trinajstić information content (AvgIpc) is 3.15. The molecule has 5 heteroatoms. The molecule has 8 rings (SSSR count). The van der Waals surface area contributed by atoms with Crippen LogP contribution in [0.3, 0.4) is 0 Å². The van der Waals surface area contributed by atoms with Crippen molar-refractivity contribution in [2.24, 2.45) is 0 Å². The van der Waals surface area contributed by atoms with Gasteiger partial charge in [0.15, 0.2) is 23.3 Å². The van der Waals surface area contributed by atoms with Crippen molar-refractivity contribution in [2.75, 3.05) is 0 Å². The lowest BCUT2D eigenvalue weighted by molar-refractivity contribution is 0.985. The van der Waals surface area contributed by atoms with Gasteiger partial charge in [0.05, 0.1) is 0 Å². The first-order chi connectivity index (χ1) is 22.8. The third-order valence-corrected chi connectivity index (χ3v) is 8.65. The van der Waals surface area contributed by atoms with Gasteiger partial charge < -0.3 is 0 Å². The lowest BCUT2D eigenvalue weighted by Gasteiger charge is -2.16. The molecule has 0 aliphatic heterocycles. The van der Waals surface area contributed by atoms with Gasteiger partial charge in [0.25, 0.3) is 0 Å². The summed E-state index contributed by atoms with van der Waals surface area (Å²) >= 11 is 0. The third kappa shape index (κ3) is 5.59. The first kappa shape index (κ1) is 27.7. The third-order valence-electron chi connectivity index (χ3n) is 8.65. The maximum atomic E-state index is 5.09. The fourth-order valence-corrected chi connectivity index (χ4v) is 6.17. The molecule has 0 bridgehead atoms. The topological polar surface area (TPSA) is 64.5 Å². The standard InChI is InChI=1S/C41H31N5/c1-2-8-28(9-3-1)29-16-22-34(23-17-29)39-44-40(46-41(45-39)37-13-6-11-32-10-4-5-12-36(32)37)35-24-18-31(19-25-35)30-14-20-33(21-15-30)38-42-26-7-27-43-38/h2,4-18,20-24,26-27H,1,3,19,25H2. The van der Waals surface area contributed by atoms with E-state index < -0.39 is 0 Å². The maximum absolute atomic E-state index is 5.09. The molecule has 2 aromatic heterocycles. The molecular formula is C41H31N5. The molecule has 0 saturated heterocycles. The Morgan fingerprint density at radius 2 is 1.13 bits per heavy atom. The highest BCUT2D eigenvalue weighted by Gasteiger charge is 2.18. The minimum absolute atomic E-state index is 0.682. The van der Waals surface area contributed by atoms with E-state index in [1.807, 2.05) is 6.07 Å². The van der Waals surface area contributed by atoms with Gasteiger partial charge in [0, 0.05) is 29.1 Å². The highest BCUT2D eigenvalue weighted by atomic mass is 15.0. The molecular weight excluding hydrogens is 562 g/mol. The van der Waals surface area contributed by atoms with Crippen LogP contribution in [0, 0.1) is 0 Å². The molecule has 46 heavy (non-hydrogen) atoms. The van der Waals surface area contributed by atoms with Crippen LogP contribution < -0.4 is 0 Å². The van der Waals surface area contributed by atoms with Gasteiger partial charge in [0.2, 0.25) is 0 Å². The summed E-state index contributed by atoms with van der Waals surface area (Å²) in [7, 11) is 0. The number of benzene rings is 4. The monoisotopic (exact) mass is 593 g/mol. The summed E-state index contributed by atoms with van der Waals surface area (Å²) < 4.78 is 0. The second-order valence-corrected chi connectivity index (χ2v) is 11.6. The number of fused-ring (bicyclic) bond motifs is 1. The van der Waals surface area contributed by atoms with E-state index in [0.29, 0.717) is 11.6 Å². The predicted molar refractivity (Wildman–Crippen MR) is 187 cm³/mol. The Morgan fingerprint density at radius 3 is 1.89 bits per heavy atom. The molecule has 220 valence electrons. The predicted octanol–water partition coefficient (Wildman–Crippen LogP) is 9.81. The first-order valence-corrected chi connectivity index (χ1v) is 15.8. The van der Waals surface area contributed by atoms with E-state index in [9.17, 15) is 0 Å². The zero-order valence-electron chi connectivity index (χ0n) is 25.3. The van der Waals surface area contributed by atoms with Crippen LogP contribution in [0.15, 0.2) is 140 Å². The summed E-state index contributed by atoms with van der Waals surface area (Å²) in [5.74, 6) is 2.83. The molecule has 0 atom stereocenters. The Balaban J connectivity index is 1.17. The number of aromatic nitrogens is 5. The Kier molecular flexibility index (Phi) is 7.41. The van der Waals surface area contributed by atoms with Gasteiger partial charge in [-0.25, -0.2) is 24.9 Å². The van der Waals surface area contributed by atoms with Crippen molar-refractivity contribution in [1.82, 2.24) is 24.9 Å². The van der Waals surface area contributed by atoms with Gasteiger partial charge in [-0.2, -0.15) is 0 Å². The van der Waals surface area contributed by atoms with Crippen LogP contribution in [-0.4, -0.2) is 24.9 Å². The van der Waals surface area contributed by atoms with Crippen molar-refractivity contribution in [3.63, 3.8) is 0 Å². The molecule has 0 fully saturated rings. The van der Waals surface area contributed by atoms with E-state index in [4.69, 9.17) is 15.0 Å². The second-order valence-electron chi connectivity index (χ2n) is 11.6. The molecule has 2 heterocycles. The highest BCUT2D eigenvalue weighted by Crippen LogP contribution is 2.34. The van der Waals surface area contributed by atoms with Gasteiger partial charge in [-0.3, -0.25) is 0 Å². The largest absolute Gasteiger partial charge is 0.237 e. The van der Waals surface area contributed by atoms with Crippen LogP contribution in [0.1, 0.15) is 42.6 Å². The minimum Gasteiger partial charge on any atom is -0.237 e. The maximum Gasteiger partial charge on any atom is 0.164 e. The summed E-state index contributed by atoms with van der Waals surface area (Å²) in [6.45, 7) is 0. The summed E-state index contributed by atoms with van der Waals surface area (Å²) in [6.07, 6.45) is 18.6. The molecule has 0 amide bonds. The molecule has 0 saturated carbocycles. The Morgan fingerprint density at radius 1 is 0.478 bits per heavy atom. The average molecular weight is 594 g/mol. The smallest absolute Gasteiger partial charge is 0.164 e. The number of allylic oxidation sites excluding steroid dienone is 8. The van der Waals surface area contributed by atoms with Crippen LogP contribution in [0.5, 0.6) is 0 Å². The molecule has 2 aliphatic carbocycles. The number of rotatable bonds is 6. The van der Waals surface area contributed by atoms with Gasteiger partial charge in [0.1, 0.15) is 0 Å². The number of hydrogen-bond donors (Lipinski definition) is 0. The van der Waals surface area contributed by atoms with Crippen LogP contribution in [-0.2, 0) is 0 Å². The van der Waals surface area contributed by atoms with Crippen LogP contribution in [0.25, 0.3) is 61.7 Å². The lowest BCUT2D eigenvalue weighted by atomic mass is 9.92. The van der Waals surface area contributed by atoms with Crippen molar-refractivity contribution in [3.8, 4) is 34.2 Å². The minimum atomic E-state index is 0.682. The van der Waals surface area contributed by atoms with E-state index in [1.54, 1.807) is 12.4 Å². The van der Waals surface area contributed by atoms with E-state index in [-0.39, 0.29) is 0 Å². The number of hydrogen-bond acceptors (Lipinski definition) is 5. The highest BCUT2D eigenvalue weighted by molar-refractivity contribution is 5.95. The second kappa shape index (κ2) is 12.3. The molecule has 2 aliphatic rings. The van der Waals surface area contributed by atoms with Crippen molar-refractivity contribution in [3.05, 3.63) is 157 Å². The van der Waals surface area contributed by atoms with Crippen molar-refractivity contribution < 1.29 is 0 Å². The summed E-state index contributed by atoms with van der Waals surface area (Å²) in [5, 5.41) is 2.29. The summed E-state index contributed by atoms with van der Waals surface area (Å²) in [4.78, 5) is 23.9. The summed E-state index contributed by atoms with van der Waals surface area (Å²) in [5.41, 5.74) is 9.06. The van der Waals surface area contributed by atoms with Crippen LogP contribution in [0.2, 0.25) is 0 Å². The van der Waals surface area contributed by atoms with E-state index in [0.717, 1.165) is 70.4 Å². The fourth-order valence-electron chi connectivity index (χ4n) is 6.17. The van der Waals surface area contributed by atoms with Gasteiger partial charge in [-0.05, 0) is 70.4 Å². The van der Waals surface area contributed by atoms with Gasteiger partial charge in [-0.15, -0.1) is 0 Å². The molecule has 4 aromatic carbocycles. The van der Waals surface area contributed by atoms with E-state index in [2.05, 4.69) is 131 Å². The van der Waals surface area contributed by atoms with Gasteiger partial charge >= 0.3 is 0 Å². The SMILES string of the molecule is C1=CC(c2ccc(-c3nc(C4=CC=C(c5ccc(-c6ncccn6)cc5)CC4)nc(-c4cccc5ccccc45)n3)cc2)=CCC1. The molecule has 5 nitrogen and oxygen atoms in total. The van der Waals surface area contributed by atoms with Gasteiger partial charge in [-0.1, -0.05) is 121 Å². The van der Waals surface area contributed by atoms with E-state index >= 15 is 0 Å². The zero-order valence-corrected chi connectivity index (χ0v) is 25.3. The van der Waals surface area contributed by atoms with Crippen LogP contribution >= 0.6 is 0 Å². The van der Waals surface area contributed by atoms with Crippen LogP contribution in [0.4, 0.5) is 0 Å². The number of nitrogens with zero attached hydrogens (tertiary/aromatic N) is 5. The Hall–Kier alpha value is -5.81. The first-order valence-electron chi connectivity index (χ1n) is 15.8. The molecule has 0 radical (unpaired) electrons. The molecule has 0 N–H and O–H groups in total. The lowest BCUT2D eigenvalue weighted by Crippen LogP contribution is -2.05. The zero-order chi connectivity index (χ0) is 30.7. The Bertz CT molecular complexity index is 2170. The molecule has 6 aromatic rings. The van der Waals surface area contributed by atoms with Crippen molar-refractivity contribution >= 4 is 27.5 Å². The molecule has 0 spiro atoms. The quantitative estimate of drug-likeness (QED) is 0.192. The molecule has 0 unspecified atom stereocenters. The summed E-state index contributed by atoms with van der Waals surface area (Å²) in [6, 6.07) is 33.6. The Labute approximate surface area is 268 Å². The van der Waals surface area contributed by atoms with Crippen molar-refractivity contribution in [1.29, 1.82) is 0 Å².